The van der Waals surface area contributed by atoms with Gasteiger partial charge in [-0.3, -0.25) is 4.79 Å². The predicted octanol–water partition coefficient (Wildman–Crippen LogP) is 2.82. The number of carboxylic acid groups (broad SMARTS) is 1. The largest absolute Gasteiger partial charge is 0.481 e. The summed E-state index contributed by atoms with van der Waals surface area (Å²) in [5.41, 5.74) is 0. The van der Waals surface area contributed by atoms with Crippen LogP contribution < -0.4 is 0 Å². The lowest BCUT2D eigenvalue weighted by Crippen LogP contribution is -2.20. The monoisotopic (exact) mass is 352 g/mol. The molecule has 0 heterocycles. The van der Waals surface area contributed by atoms with E-state index >= 15 is 0 Å². The van der Waals surface area contributed by atoms with E-state index in [4.69, 9.17) is 5.11 Å². The first-order valence-electron chi connectivity index (χ1n) is 9.20. The van der Waals surface area contributed by atoms with Gasteiger partial charge in [-0.15, -0.1) is 0 Å². The summed E-state index contributed by atoms with van der Waals surface area (Å²) >= 11 is 0. The molecule has 1 saturated carbocycles. The van der Waals surface area contributed by atoms with Crippen molar-refractivity contribution < 1.29 is 25.2 Å². The number of aliphatic hydroxyl groups excluding tert-OH is 3. The Morgan fingerprint density at radius 2 is 1.92 bits per heavy atom. The maximum atomic E-state index is 10.5. The topological polar surface area (TPSA) is 98.0 Å². The molecule has 1 aliphatic rings. The molecule has 1 fully saturated rings. The van der Waals surface area contributed by atoms with Crippen LogP contribution in [0.1, 0.15) is 51.9 Å². The van der Waals surface area contributed by atoms with Gasteiger partial charge < -0.3 is 20.4 Å². The van der Waals surface area contributed by atoms with E-state index in [9.17, 15) is 20.1 Å². The van der Waals surface area contributed by atoms with E-state index in [1.807, 2.05) is 37.3 Å². The van der Waals surface area contributed by atoms with E-state index in [-0.39, 0.29) is 18.3 Å². The highest BCUT2D eigenvalue weighted by Gasteiger charge is 2.39. The molecule has 1 aliphatic carbocycles. The molecule has 25 heavy (non-hydrogen) atoms. The van der Waals surface area contributed by atoms with Crippen molar-refractivity contribution in [3.05, 3.63) is 36.5 Å². The minimum Gasteiger partial charge on any atom is -0.481 e. The van der Waals surface area contributed by atoms with Gasteiger partial charge >= 0.3 is 5.97 Å². The fourth-order valence-corrected chi connectivity index (χ4v) is 3.19. The number of carbonyl (C=O) groups is 1. The number of aliphatic hydroxyl groups is 3. The molecule has 0 aromatic carbocycles. The average Bonchev–Trinajstić information content (AvgIpc) is 2.82. The molecule has 0 bridgehead atoms. The minimum absolute atomic E-state index is 0.0830. The number of rotatable bonds is 11. The summed E-state index contributed by atoms with van der Waals surface area (Å²) in [6, 6.07) is 0. The Kier molecular flexibility index (Phi) is 10.4. The zero-order chi connectivity index (χ0) is 18.7. The molecule has 0 aromatic heterocycles. The predicted molar refractivity (Wildman–Crippen MR) is 98.0 cm³/mol. The highest BCUT2D eigenvalue weighted by atomic mass is 16.4. The number of aliphatic carboxylic acids is 1. The summed E-state index contributed by atoms with van der Waals surface area (Å²) in [5.74, 6) is -1.05. The summed E-state index contributed by atoms with van der Waals surface area (Å²) in [6.45, 7) is 2.04. The summed E-state index contributed by atoms with van der Waals surface area (Å²) in [4.78, 5) is 10.5. The molecule has 142 valence electrons. The van der Waals surface area contributed by atoms with Crippen LogP contribution in [0.3, 0.4) is 0 Å². The quantitative estimate of drug-likeness (QED) is 0.339. The van der Waals surface area contributed by atoms with E-state index in [1.165, 1.54) is 0 Å². The molecule has 1 rings (SSSR count). The van der Waals surface area contributed by atoms with Crippen LogP contribution in [0.4, 0.5) is 0 Å². The first-order valence-corrected chi connectivity index (χ1v) is 9.20. The highest BCUT2D eigenvalue weighted by molar-refractivity contribution is 5.66. The summed E-state index contributed by atoms with van der Waals surface area (Å²) < 4.78 is 0. The molecule has 0 spiro atoms. The Labute approximate surface area is 150 Å². The van der Waals surface area contributed by atoms with E-state index in [1.54, 1.807) is 6.08 Å². The lowest BCUT2D eigenvalue weighted by atomic mass is 9.89. The zero-order valence-corrected chi connectivity index (χ0v) is 15.0. The van der Waals surface area contributed by atoms with Crippen LogP contribution in [0.2, 0.25) is 0 Å². The molecule has 5 heteroatoms. The van der Waals surface area contributed by atoms with Crippen molar-refractivity contribution >= 4 is 5.97 Å². The summed E-state index contributed by atoms with van der Waals surface area (Å²) in [5, 5.41) is 38.9. The smallest absolute Gasteiger partial charge is 0.303 e. The third-order valence-corrected chi connectivity index (χ3v) is 4.59. The van der Waals surface area contributed by atoms with Gasteiger partial charge in [0, 0.05) is 18.8 Å². The van der Waals surface area contributed by atoms with Crippen molar-refractivity contribution in [3.8, 4) is 0 Å². The van der Waals surface area contributed by atoms with Crippen molar-refractivity contribution in [3.63, 3.8) is 0 Å². The number of unbranched alkanes of at least 4 members (excludes halogenated alkanes) is 1. The number of hydrogen-bond donors (Lipinski definition) is 4. The van der Waals surface area contributed by atoms with Crippen molar-refractivity contribution in [1.82, 2.24) is 0 Å². The summed E-state index contributed by atoms with van der Waals surface area (Å²) in [7, 11) is 0. The van der Waals surface area contributed by atoms with Crippen molar-refractivity contribution in [2.75, 3.05) is 0 Å². The van der Waals surface area contributed by atoms with Gasteiger partial charge in [0.25, 0.3) is 0 Å². The van der Waals surface area contributed by atoms with Gasteiger partial charge in [0.15, 0.2) is 0 Å². The second-order valence-electron chi connectivity index (χ2n) is 6.67. The third-order valence-electron chi connectivity index (χ3n) is 4.59. The lowest BCUT2D eigenvalue weighted by Gasteiger charge is -2.19. The molecule has 5 atom stereocenters. The van der Waals surface area contributed by atoms with Gasteiger partial charge in [-0.25, -0.2) is 0 Å². The van der Waals surface area contributed by atoms with Gasteiger partial charge in [0.1, 0.15) is 0 Å². The minimum atomic E-state index is -0.791. The number of carboxylic acids is 1. The van der Waals surface area contributed by atoms with Gasteiger partial charge in [0.05, 0.1) is 18.3 Å². The average molecular weight is 352 g/mol. The van der Waals surface area contributed by atoms with Gasteiger partial charge in [-0.2, -0.15) is 0 Å². The van der Waals surface area contributed by atoms with E-state index in [2.05, 4.69) is 0 Å². The zero-order valence-electron chi connectivity index (χ0n) is 15.0. The molecule has 0 aromatic rings. The standard InChI is InChI=1S/C20H32O5/c1-2-3-6-9-15(21)12-13-17-16(18(22)14-19(17)23)10-7-4-5-8-11-20(24)25/h3-4,6-7,12-13,15-19,21-23H,2,5,8-11,14H2,1H3,(H,24,25)/b6-3-,7-4-,13-12+/t15-,16+,17+,18-,19-/m0/s1. The second kappa shape index (κ2) is 12.0. The molecule has 0 radical (unpaired) electrons. The SMILES string of the molecule is CC/C=C\C[C@H](O)/C=C/[C@@H]1[C@@H](C/C=C\CCCC(=O)O)[C@@H](O)C[C@@H]1O. The van der Waals surface area contributed by atoms with Crippen LogP contribution in [0.25, 0.3) is 0 Å². The molecular weight excluding hydrogens is 320 g/mol. The fraction of sp³-hybridized carbons (Fsp3) is 0.650. The van der Waals surface area contributed by atoms with Crippen molar-refractivity contribution in [2.24, 2.45) is 11.8 Å². The lowest BCUT2D eigenvalue weighted by molar-refractivity contribution is -0.137. The van der Waals surface area contributed by atoms with Gasteiger partial charge in [0.2, 0.25) is 0 Å². The number of hydrogen-bond acceptors (Lipinski definition) is 4. The normalized spacial score (nSPS) is 28.5. The molecule has 0 unspecified atom stereocenters. The molecule has 0 aliphatic heterocycles. The Bertz CT molecular complexity index is 469. The van der Waals surface area contributed by atoms with Crippen LogP contribution in [0.15, 0.2) is 36.5 Å². The molecular formula is C20H32O5. The van der Waals surface area contributed by atoms with E-state index in [0.29, 0.717) is 32.1 Å². The number of allylic oxidation sites excluding steroid dienone is 3. The Balaban J connectivity index is 2.50. The maximum absolute atomic E-state index is 10.5. The van der Waals surface area contributed by atoms with Crippen LogP contribution in [-0.2, 0) is 4.79 Å². The molecule has 0 amide bonds. The third kappa shape index (κ3) is 8.47. The van der Waals surface area contributed by atoms with Crippen molar-refractivity contribution in [2.45, 2.75) is 70.2 Å². The van der Waals surface area contributed by atoms with Crippen molar-refractivity contribution in [1.29, 1.82) is 0 Å². The van der Waals surface area contributed by atoms with Crippen LogP contribution in [0, 0.1) is 11.8 Å². The Morgan fingerprint density at radius 1 is 1.16 bits per heavy atom. The Morgan fingerprint density at radius 3 is 2.60 bits per heavy atom. The first-order chi connectivity index (χ1) is 12.0. The summed E-state index contributed by atoms with van der Waals surface area (Å²) in [6.07, 6.45) is 13.5. The first kappa shape index (κ1) is 21.6. The van der Waals surface area contributed by atoms with Crippen LogP contribution in [0.5, 0.6) is 0 Å². The van der Waals surface area contributed by atoms with Gasteiger partial charge in [-0.1, -0.05) is 43.4 Å². The molecule has 5 nitrogen and oxygen atoms in total. The van der Waals surface area contributed by atoms with E-state index in [0.717, 1.165) is 6.42 Å². The Hall–Kier alpha value is -1.43. The van der Waals surface area contributed by atoms with Crippen LogP contribution >= 0.6 is 0 Å². The van der Waals surface area contributed by atoms with Gasteiger partial charge in [-0.05, 0) is 38.0 Å². The second-order valence-corrected chi connectivity index (χ2v) is 6.67. The van der Waals surface area contributed by atoms with E-state index < -0.39 is 24.3 Å². The molecule has 4 N–H and O–H groups in total. The maximum Gasteiger partial charge on any atom is 0.303 e. The fourth-order valence-electron chi connectivity index (χ4n) is 3.19. The van der Waals surface area contributed by atoms with Crippen LogP contribution in [-0.4, -0.2) is 44.7 Å². The molecule has 0 saturated heterocycles. The highest BCUT2D eigenvalue weighted by Crippen LogP contribution is 2.36.